The molecule has 0 aliphatic rings. The molecule has 0 bridgehead atoms. The van der Waals surface area contributed by atoms with Gasteiger partial charge in [-0.3, -0.25) is 9.52 Å². The van der Waals surface area contributed by atoms with E-state index < -0.39 is 21.8 Å². The molecular weight excluding hydrogens is 369 g/mol. The van der Waals surface area contributed by atoms with Crippen LogP contribution in [0.15, 0.2) is 47.4 Å². The van der Waals surface area contributed by atoms with Gasteiger partial charge in [0.15, 0.2) is 0 Å². The van der Waals surface area contributed by atoms with Crippen LogP contribution in [-0.2, 0) is 21.0 Å². The van der Waals surface area contributed by atoms with Gasteiger partial charge < -0.3 is 5.32 Å². The number of alkyl halides is 3. The summed E-state index contributed by atoms with van der Waals surface area (Å²) in [4.78, 5) is 11.2. The molecule has 0 aliphatic carbocycles. The minimum atomic E-state index is -4.54. The van der Waals surface area contributed by atoms with Gasteiger partial charge in [-0.2, -0.15) is 13.2 Å². The van der Waals surface area contributed by atoms with Crippen molar-refractivity contribution in [1.82, 2.24) is 0 Å². The highest BCUT2D eigenvalue weighted by Gasteiger charge is 2.30. The predicted octanol–water partition coefficient (Wildman–Crippen LogP) is 4.16. The lowest BCUT2D eigenvalue weighted by Gasteiger charge is -2.14. The fourth-order valence-electron chi connectivity index (χ4n) is 2.15. The van der Waals surface area contributed by atoms with Crippen LogP contribution in [0.3, 0.4) is 0 Å². The van der Waals surface area contributed by atoms with Gasteiger partial charge in [-0.25, -0.2) is 8.42 Å². The Morgan fingerprint density at radius 3 is 2.15 bits per heavy atom. The van der Waals surface area contributed by atoms with E-state index >= 15 is 0 Å². The van der Waals surface area contributed by atoms with E-state index in [9.17, 15) is 26.4 Å². The number of halogens is 3. The van der Waals surface area contributed by atoms with Crippen molar-refractivity contribution in [3.8, 4) is 0 Å². The van der Waals surface area contributed by atoms with Crippen LogP contribution >= 0.6 is 0 Å². The highest BCUT2D eigenvalue weighted by atomic mass is 32.2. The van der Waals surface area contributed by atoms with Crippen LogP contribution in [0.5, 0.6) is 0 Å². The first-order valence-electron chi connectivity index (χ1n) is 7.64. The van der Waals surface area contributed by atoms with Crippen LogP contribution in [-0.4, -0.2) is 14.3 Å². The minimum Gasteiger partial charge on any atom is -0.326 e. The Balaban J connectivity index is 2.29. The summed E-state index contributed by atoms with van der Waals surface area (Å²) < 4.78 is 65.0. The smallest absolute Gasteiger partial charge is 0.326 e. The van der Waals surface area contributed by atoms with E-state index in [1.165, 1.54) is 6.07 Å². The molecule has 140 valence electrons. The van der Waals surface area contributed by atoms with Crippen LogP contribution in [0.1, 0.15) is 24.5 Å². The van der Waals surface area contributed by atoms with Gasteiger partial charge in [0.25, 0.3) is 10.0 Å². The summed E-state index contributed by atoms with van der Waals surface area (Å²) in [6, 6.07) is 7.88. The van der Waals surface area contributed by atoms with E-state index in [0.29, 0.717) is 23.4 Å². The summed E-state index contributed by atoms with van der Waals surface area (Å²) in [6.45, 7) is 3.30. The number of anilines is 2. The van der Waals surface area contributed by atoms with Crippen molar-refractivity contribution in [2.75, 3.05) is 10.0 Å². The molecule has 0 atom stereocenters. The topological polar surface area (TPSA) is 75.3 Å². The van der Waals surface area contributed by atoms with Gasteiger partial charge in [0.05, 0.1) is 16.1 Å². The molecule has 5 nitrogen and oxygen atoms in total. The van der Waals surface area contributed by atoms with Gasteiger partial charge in [-0.1, -0.05) is 13.0 Å². The number of hydrogen-bond acceptors (Lipinski definition) is 3. The molecule has 0 saturated carbocycles. The van der Waals surface area contributed by atoms with Crippen LogP contribution in [0.25, 0.3) is 0 Å². The van der Waals surface area contributed by atoms with Gasteiger partial charge in [0, 0.05) is 12.1 Å². The van der Waals surface area contributed by atoms with Gasteiger partial charge in [0.1, 0.15) is 0 Å². The summed E-state index contributed by atoms with van der Waals surface area (Å²) in [5, 5.41) is 2.65. The molecule has 0 aromatic heterocycles. The highest BCUT2D eigenvalue weighted by Crippen LogP contribution is 2.30. The largest absolute Gasteiger partial charge is 0.416 e. The van der Waals surface area contributed by atoms with E-state index in [0.717, 1.165) is 12.1 Å². The molecule has 0 unspecified atom stereocenters. The number of nitrogens with one attached hydrogen (secondary N) is 2. The van der Waals surface area contributed by atoms with Crippen molar-refractivity contribution in [3.63, 3.8) is 0 Å². The first-order chi connectivity index (χ1) is 12.0. The molecule has 0 heterocycles. The fraction of sp³-hybridized carbons (Fsp3) is 0.235. The SMILES string of the molecule is CCC(=O)Nc1cccc(NS(=O)(=O)c2ccc(C(F)(F)F)cc2)c1C. The molecule has 26 heavy (non-hydrogen) atoms. The molecule has 9 heteroatoms. The van der Waals surface area contributed by atoms with Crippen molar-refractivity contribution in [2.45, 2.75) is 31.3 Å². The average Bonchev–Trinajstić information content (AvgIpc) is 2.57. The molecule has 1 amide bonds. The molecule has 2 rings (SSSR count). The number of benzene rings is 2. The third kappa shape index (κ3) is 4.54. The zero-order valence-corrected chi connectivity index (χ0v) is 14.8. The van der Waals surface area contributed by atoms with E-state index in [4.69, 9.17) is 0 Å². The monoisotopic (exact) mass is 386 g/mol. The predicted molar refractivity (Wildman–Crippen MR) is 92.4 cm³/mol. The van der Waals surface area contributed by atoms with E-state index in [-0.39, 0.29) is 22.9 Å². The first-order valence-corrected chi connectivity index (χ1v) is 9.12. The zero-order chi connectivity index (χ0) is 19.5. The number of amides is 1. The maximum Gasteiger partial charge on any atom is 0.416 e. The normalized spacial score (nSPS) is 11.9. The van der Waals surface area contributed by atoms with Gasteiger partial charge in [-0.15, -0.1) is 0 Å². The summed E-state index contributed by atoms with van der Waals surface area (Å²) in [5.74, 6) is -0.226. The second kappa shape index (κ2) is 7.36. The molecule has 2 N–H and O–H groups in total. The lowest BCUT2D eigenvalue weighted by atomic mass is 10.1. The third-order valence-corrected chi connectivity index (χ3v) is 5.05. The Kier molecular flexibility index (Phi) is 5.60. The fourth-order valence-corrected chi connectivity index (χ4v) is 3.27. The van der Waals surface area contributed by atoms with Crippen LogP contribution in [0.4, 0.5) is 24.5 Å². The average molecular weight is 386 g/mol. The van der Waals surface area contributed by atoms with E-state index in [2.05, 4.69) is 10.0 Å². The maximum absolute atomic E-state index is 12.6. The van der Waals surface area contributed by atoms with Crippen molar-refractivity contribution in [1.29, 1.82) is 0 Å². The van der Waals surface area contributed by atoms with Gasteiger partial charge in [0.2, 0.25) is 5.91 Å². The zero-order valence-electron chi connectivity index (χ0n) is 14.0. The molecule has 0 saturated heterocycles. The molecule has 0 fully saturated rings. The molecule has 2 aromatic carbocycles. The summed E-state index contributed by atoms with van der Waals surface area (Å²) in [5.41, 5.74) is 0.227. The summed E-state index contributed by atoms with van der Waals surface area (Å²) in [7, 11) is -4.08. The maximum atomic E-state index is 12.6. The van der Waals surface area contributed by atoms with Crippen LogP contribution in [0, 0.1) is 6.92 Å². The number of hydrogen-bond donors (Lipinski definition) is 2. The van der Waals surface area contributed by atoms with Crippen molar-refractivity contribution < 1.29 is 26.4 Å². The standard InChI is InChI=1S/C17H17F3N2O3S/c1-3-16(23)21-14-5-4-6-15(11(14)2)22-26(24,25)13-9-7-12(8-10-13)17(18,19)20/h4-10,22H,3H2,1-2H3,(H,21,23). The Bertz CT molecular complexity index is 908. The number of carbonyl (C=O) groups is 1. The third-order valence-electron chi connectivity index (χ3n) is 3.67. The quantitative estimate of drug-likeness (QED) is 0.810. The van der Waals surface area contributed by atoms with Crippen LogP contribution in [0.2, 0.25) is 0 Å². The lowest BCUT2D eigenvalue weighted by Crippen LogP contribution is -2.16. The summed E-state index contributed by atoms with van der Waals surface area (Å²) >= 11 is 0. The Morgan fingerprint density at radius 1 is 1.04 bits per heavy atom. The Labute approximate surface area is 149 Å². The molecular formula is C17H17F3N2O3S. The first kappa shape index (κ1) is 19.8. The van der Waals surface area contributed by atoms with E-state index in [1.54, 1.807) is 26.0 Å². The lowest BCUT2D eigenvalue weighted by molar-refractivity contribution is -0.137. The molecule has 0 aliphatic heterocycles. The number of rotatable bonds is 5. The second-order valence-corrected chi connectivity index (χ2v) is 7.19. The van der Waals surface area contributed by atoms with Crippen molar-refractivity contribution in [2.24, 2.45) is 0 Å². The Hall–Kier alpha value is -2.55. The highest BCUT2D eigenvalue weighted by molar-refractivity contribution is 7.92. The molecule has 0 radical (unpaired) electrons. The molecule has 0 spiro atoms. The van der Waals surface area contributed by atoms with E-state index in [1.807, 2.05) is 0 Å². The summed E-state index contributed by atoms with van der Waals surface area (Å²) in [6.07, 6.45) is -4.28. The number of sulfonamides is 1. The molecule has 2 aromatic rings. The van der Waals surface area contributed by atoms with Gasteiger partial charge >= 0.3 is 6.18 Å². The van der Waals surface area contributed by atoms with Crippen molar-refractivity contribution >= 4 is 27.3 Å². The Morgan fingerprint density at radius 2 is 1.62 bits per heavy atom. The van der Waals surface area contributed by atoms with Gasteiger partial charge in [-0.05, 0) is 48.9 Å². The minimum absolute atomic E-state index is 0.221. The second-order valence-electron chi connectivity index (χ2n) is 5.51. The van der Waals surface area contributed by atoms with Crippen molar-refractivity contribution in [3.05, 3.63) is 53.6 Å². The number of carbonyl (C=O) groups excluding carboxylic acids is 1. The van der Waals surface area contributed by atoms with Crippen LogP contribution < -0.4 is 10.0 Å².